The second-order valence-electron chi connectivity index (χ2n) is 5.21. The van der Waals surface area contributed by atoms with Gasteiger partial charge in [0.2, 0.25) is 0 Å². The van der Waals surface area contributed by atoms with Crippen LogP contribution in [0.25, 0.3) is 0 Å². The van der Waals surface area contributed by atoms with Crippen LogP contribution in [-0.4, -0.2) is 12.1 Å². The van der Waals surface area contributed by atoms with Crippen molar-refractivity contribution < 1.29 is 9.53 Å². The lowest BCUT2D eigenvalue weighted by atomic mass is 10.2. The number of aryl methyl sites for hydroxylation is 1. The highest BCUT2D eigenvalue weighted by Crippen LogP contribution is 2.25. The molecule has 0 heterocycles. The lowest BCUT2D eigenvalue weighted by Gasteiger charge is -2.15. The molecular weight excluding hydrogens is 344 g/mol. The van der Waals surface area contributed by atoms with Crippen LogP contribution in [0, 0.1) is 6.92 Å². The van der Waals surface area contributed by atoms with Crippen molar-refractivity contribution in [1.29, 1.82) is 0 Å². The lowest BCUT2D eigenvalue weighted by molar-refractivity contribution is 0.243. The number of benzene rings is 2. The molecule has 0 aliphatic carbocycles. The number of rotatable bonds is 4. The summed E-state index contributed by atoms with van der Waals surface area (Å²) in [5.74, 6) is 0.651. The molecule has 0 aliphatic rings. The van der Waals surface area contributed by atoms with E-state index in [-0.39, 0.29) is 12.1 Å². The minimum Gasteiger partial charge on any atom is -0.489 e. The van der Waals surface area contributed by atoms with Crippen molar-refractivity contribution in [3.8, 4) is 5.75 Å². The summed E-state index contributed by atoms with van der Waals surface area (Å²) in [5.41, 5.74) is 2.47. The van der Waals surface area contributed by atoms with Gasteiger partial charge < -0.3 is 15.4 Å². The Bertz CT molecular complexity index is 671. The van der Waals surface area contributed by atoms with Crippen LogP contribution < -0.4 is 15.4 Å². The number of ether oxygens (including phenoxy) is 1. The second-order valence-corrected chi connectivity index (χ2v) is 6.06. The van der Waals surface area contributed by atoms with E-state index in [9.17, 15) is 4.79 Å². The van der Waals surface area contributed by atoms with Crippen LogP contribution in [0.3, 0.4) is 0 Å². The maximum Gasteiger partial charge on any atom is 0.323 e. The van der Waals surface area contributed by atoms with Gasteiger partial charge in [0.05, 0.1) is 11.8 Å². The third-order valence-electron chi connectivity index (χ3n) is 2.93. The minimum atomic E-state index is -0.310. The molecule has 2 N–H and O–H groups in total. The number of hydrogen-bond acceptors (Lipinski definition) is 2. The summed E-state index contributed by atoms with van der Waals surface area (Å²) in [5, 5.41) is 5.61. The first-order valence-electron chi connectivity index (χ1n) is 7.05. The Morgan fingerprint density at radius 3 is 2.55 bits per heavy atom. The Kier molecular flexibility index (Phi) is 5.44. The number of hydrogen-bond donors (Lipinski definition) is 2. The maximum absolute atomic E-state index is 12.1. The van der Waals surface area contributed by atoms with Gasteiger partial charge in [0.25, 0.3) is 0 Å². The normalized spacial score (nSPS) is 10.4. The lowest BCUT2D eigenvalue weighted by Crippen LogP contribution is -2.20. The number of amides is 2. The fourth-order valence-corrected chi connectivity index (χ4v) is 2.26. The number of anilines is 2. The van der Waals surface area contributed by atoms with Crippen molar-refractivity contribution in [2.45, 2.75) is 26.9 Å². The molecule has 0 unspecified atom stereocenters. The van der Waals surface area contributed by atoms with Crippen LogP contribution in [0.2, 0.25) is 0 Å². The summed E-state index contributed by atoms with van der Waals surface area (Å²) in [6.45, 7) is 5.88. The predicted molar refractivity (Wildman–Crippen MR) is 93.7 cm³/mol. The molecule has 0 spiro atoms. The van der Waals surface area contributed by atoms with E-state index in [0.717, 1.165) is 15.7 Å². The Labute approximate surface area is 139 Å². The van der Waals surface area contributed by atoms with Crippen molar-refractivity contribution >= 4 is 33.3 Å². The van der Waals surface area contributed by atoms with E-state index in [1.54, 1.807) is 0 Å². The third kappa shape index (κ3) is 4.49. The topological polar surface area (TPSA) is 50.4 Å². The highest BCUT2D eigenvalue weighted by Gasteiger charge is 2.09. The number of nitrogens with one attached hydrogen (secondary N) is 2. The fraction of sp³-hybridized carbons (Fsp3) is 0.235. The quantitative estimate of drug-likeness (QED) is 0.786. The first-order valence-corrected chi connectivity index (χ1v) is 7.85. The molecule has 22 heavy (non-hydrogen) atoms. The average Bonchev–Trinajstić information content (AvgIpc) is 2.44. The second kappa shape index (κ2) is 7.31. The standard InChI is InChI=1S/C17H19BrN2O2/c1-11(2)22-16-7-5-4-6-15(16)20-17(21)19-13-9-8-12(3)14(18)10-13/h4-11H,1-3H3,(H2,19,20,21). The molecule has 0 radical (unpaired) electrons. The van der Waals surface area contributed by atoms with Gasteiger partial charge >= 0.3 is 6.03 Å². The predicted octanol–water partition coefficient (Wildman–Crippen LogP) is 5.19. The summed E-state index contributed by atoms with van der Waals surface area (Å²) in [4.78, 5) is 12.1. The maximum atomic E-state index is 12.1. The van der Waals surface area contributed by atoms with Crippen LogP contribution in [0.15, 0.2) is 46.9 Å². The summed E-state index contributed by atoms with van der Waals surface area (Å²) >= 11 is 3.45. The number of urea groups is 1. The highest BCUT2D eigenvalue weighted by atomic mass is 79.9. The summed E-state index contributed by atoms with van der Waals surface area (Å²) in [6.07, 6.45) is 0.0408. The van der Waals surface area contributed by atoms with E-state index in [1.165, 1.54) is 0 Å². The molecule has 116 valence electrons. The molecule has 0 saturated heterocycles. The van der Waals surface area contributed by atoms with Gasteiger partial charge in [0, 0.05) is 10.2 Å². The van der Waals surface area contributed by atoms with E-state index in [1.807, 2.05) is 63.2 Å². The fourth-order valence-electron chi connectivity index (χ4n) is 1.88. The van der Waals surface area contributed by atoms with Crippen molar-refractivity contribution in [1.82, 2.24) is 0 Å². The number of halogens is 1. The van der Waals surface area contributed by atoms with Crippen molar-refractivity contribution in [3.63, 3.8) is 0 Å². The molecule has 2 aromatic carbocycles. The van der Waals surface area contributed by atoms with Crippen LogP contribution in [0.5, 0.6) is 5.75 Å². The van der Waals surface area contributed by atoms with Gasteiger partial charge in [0.15, 0.2) is 0 Å². The molecule has 0 fully saturated rings. The van der Waals surface area contributed by atoms with Crippen molar-refractivity contribution in [2.75, 3.05) is 10.6 Å². The molecule has 2 amide bonds. The molecule has 2 aromatic rings. The first kappa shape index (κ1) is 16.4. The van der Waals surface area contributed by atoms with E-state index < -0.39 is 0 Å². The summed E-state index contributed by atoms with van der Waals surface area (Å²) in [7, 11) is 0. The first-order chi connectivity index (χ1) is 10.5. The smallest absolute Gasteiger partial charge is 0.323 e. The molecule has 0 bridgehead atoms. The van der Waals surface area contributed by atoms with E-state index in [0.29, 0.717) is 11.4 Å². The van der Waals surface area contributed by atoms with Gasteiger partial charge in [-0.05, 0) is 50.6 Å². The average molecular weight is 363 g/mol. The Morgan fingerprint density at radius 2 is 1.86 bits per heavy atom. The number of para-hydroxylation sites is 2. The Hall–Kier alpha value is -2.01. The van der Waals surface area contributed by atoms with Crippen molar-refractivity contribution in [2.24, 2.45) is 0 Å². The van der Waals surface area contributed by atoms with Crippen LogP contribution in [-0.2, 0) is 0 Å². The van der Waals surface area contributed by atoms with Gasteiger partial charge in [-0.2, -0.15) is 0 Å². The van der Waals surface area contributed by atoms with E-state index in [2.05, 4.69) is 26.6 Å². The van der Waals surface area contributed by atoms with Crippen LogP contribution >= 0.6 is 15.9 Å². The van der Waals surface area contributed by atoms with E-state index >= 15 is 0 Å². The Balaban J connectivity index is 2.07. The SMILES string of the molecule is Cc1ccc(NC(=O)Nc2ccccc2OC(C)C)cc1Br. The van der Waals surface area contributed by atoms with Gasteiger partial charge in [-0.3, -0.25) is 0 Å². The third-order valence-corrected chi connectivity index (χ3v) is 3.78. The molecule has 2 rings (SSSR count). The molecule has 0 aromatic heterocycles. The molecule has 0 saturated carbocycles. The zero-order chi connectivity index (χ0) is 16.1. The molecule has 4 nitrogen and oxygen atoms in total. The molecular formula is C17H19BrN2O2. The van der Waals surface area contributed by atoms with Crippen molar-refractivity contribution in [3.05, 3.63) is 52.5 Å². The largest absolute Gasteiger partial charge is 0.489 e. The molecule has 0 atom stereocenters. The minimum absolute atomic E-state index is 0.0408. The molecule has 5 heteroatoms. The van der Waals surface area contributed by atoms with E-state index in [4.69, 9.17) is 4.74 Å². The summed E-state index contributed by atoms with van der Waals surface area (Å²) in [6, 6.07) is 12.7. The van der Waals surface area contributed by atoms with Gasteiger partial charge in [-0.25, -0.2) is 4.79 Å². The zero-order valence-corrected chi connectivity index (χ0v) is 14.4. The highest BCUT2D eigenvalue weighted by molar-refractivity contribution is 9.10. The zero-order valence-electron chi connectivity index (χ0n) is 12.8. The number of carbonyl (C=O) groups is 1. The van der Waals surface area contributed by atoms with Crippen LogP contribution in [0.1, 0.15) is 19.4 Å². The molecule has 0 aliphatic heterocycles. The van der Waals surface area contributed by atoms with Gasteiger partial charge in [0.1, 0.15) is 5.75 Å². The Morgan fingerprint density at radius 1 is 1.14 bits per heavy atom. The van der Waals surface area contributed by atoms with Gasteiger partial charge in [-0.15, -0.1) is 0 Å². The van der Waals surface area contributed by atoms with Crippen LogP contribution in [0.4, 0.5) is 16.2 Å². The number of carbonyl (C=O) groups excluding carboxylic acids is 1. The van der Waals surface area contributed by atoms with Gasteiger partial charge in [-0.1, -0.05) is 34.1 Å². The monoisotopic (exact) mass is 362 g/mol. The summed E-state index contributed by atoms with van der Waals surface area (Å²) < 4.78 is 6.63.